The molecule has 1 saturated carbocycles. The molecule has 0 atom stereocenters. The van der Waals surface area contributed by atoms with Gasteiger partial charge in [0.1, 0.15) is 0 Å². The minimum Gasteiger partial charge on any atom is -0.481 e. The first-order valence-electron chi connectivity index (χ1n) is 6.83. The van der Waals surface area contributed by atoms with E-state index >= 15 is 0 Å². The van der Waals surface area contributed by atoms with Gasteiger partial charge in [-0.2, -0.15) is 0 Å². The van der Waals surface area contributed by atoms with Gasteiger partial charge in [0.15, 0.2) is 0 Å². The predicted molar refractivity (Wildman–Crippen MR) is 66.5 cm³/mol. The maximum Gasteiger partial charge on any atom is 0.303 e. The zero-order valence-corrected chi connectivity index (χ0v) is 10.8. The first-order valence-corrected chi connectivity index (χ1v) is 6.83. The standard InChI is InChI=1S/C14H26O2/c1-3-7-14(8-4-2)9-5-12(6-10-14)11-13(15)16/h12H,3-11H2,1-2H3,(H,15,16). The molecular formula is C14H26O2. The highest BCUT2D eigenvalue weighted by Gasteiger charge is 2.34. The van der Waals surface area contributed by atoms with E-state index in [4.69, 9.17) is 5.11 Å². The maximum atomic E-state index is 10.7. The monoisotopic (exact) mass is 226 g/mol. The topological polar surface area (TPSA) is 37.3 Å². The number of aliphatic carboxylic acids is 1. The minimum absolute atomic E-state index is 0.383. The van der Waals surface area contributed by atoms with Crippen LogP contribution in [0.1, 0.15) is 71.6 Å². The lowest BCUT2D eigenvalue weighted by Crippen LogP contribution is -2.28. The molecule has 0 unspecified atom stereocenters. The third kappa shape index (κ3) is 3.80. The fourth-order valence-electron chi connectivity index (χ4n) is 3.43. The van der Waals surface area contributed by atoms with Gasteiger partial charge >= 0.3 is 5.97 Å². The van der Waals surface area contributed by atoms with E-state index in [0.717, 1.165) is 12.8 Å². The van der Waals surface area contributed by atoms with Crippen molar-refractivity contribution in [3.05, 3.63) is 0 Å². The molecule has 1 aliphatic carbocycles. The van der Waals surface area contributed by atoms with E-state index in [2.05, 4.69) is 13.8 Å². The average Bonchev–Trinajstić information content (AvgIpc) is 2.22. The third-order valence-electron chi connectivity index (χ3n) is 4.19. The summed E-state index contributed by atoms with van der Waals surface area (Å²) >= 11 is 0. The van der Waals surface area contributed by atoms with E-state index in [1.54, 1.807) is 0 Å². The molecule has 0 heterocycles. The van der Waals surface area contributed by atoms with Crippen molar-refractivity contribution in [2.45, 2.75) is 71.6 Å². The van der Waals surface area contributed by atoms with E-state index < -0.39 is 5.97 Å². The number of hydrogen-bond acceptors (Lipinski definition) is 1. The van der Waals surface area contributed by atoms with E-state index in [9.17, 15) is 4.79 Å². The smallest absolute Gasteiger partial charge is 0.303 e. The molecule has 0 aromatic heterocycles. The molecule has 1 aliphatic rings. The third-order valence-corrected chi connectivity index (χ3v) is 4.19. The number of rotatable bonds is 6. The van der Waals surface area contributed by atoms with Crippen molar-refractivity contribution >= 4 is 5.97 Å². The van der Waals surface area contributed by atoms with E-state index in [1.165, 1.54) is 38.5 Å². The molecule has 0 radical (unpaired) electrons. The van der Waals surface area contributed by atoms with Crippen LogP contribution in [-0.2, 0) is 4.79 Å². The van der Waals surface area contributed by atoms with Crippen LogP contribution in [0.5, 0.6) is 0 Å². The lowest BCUT2D eigenvalue weighted by Gasteiger charge is -2.40. The fourth-order valence-corrected chi connectivity index (χ4v) is 3.43. The molecule has 0 aliphatic heterocycles. The van der Waals surface area contributed by atoms with Crippen LogP contribution in [0.25, 0.3) is 0 Å². The molecular weight excluding hydrogens is 200 g/mol. The van der Waals surface area contributed by atoms with Crippen LogP contribution >= 0.6 is 0 Å². The molecule has 1 rings (SSSR count). The Morgan fingerprint density at radius 2 is 1.69 bits per heavy atom. The van der Waals surface area contributed by atoms with Gasteiger partial charge in [-0.25, -0.2) is 0 Å². The average molecular weight is 226 g/mol. The van der Waals surface area contributed by atoms with Crippen molar-refractivity contribution in [1.82, 2.24) is 0 Å². The summed E-state index contributed by atoms with van der Waals surface area (Å²) in [5.74, 6) is -0.178. The van der Waals surface area contributed by atoms with Gasteiger partial charge in [0, 0.05) is 6.42 Å². The Bertz CT molecular complexity index is 207. The summed E-state index contributed by atoms with van der Waals surface area (Å²) in [6, 6.07) is 0. The second kappa shape index (κ2) is 6.27. The normalized spacial score (nSPS) is 20.9. The molecule has 2 nitrogen and oxygen atoms in total. The van der Waals surface area contributed by atoms with Crippen LogP contribution in [0.3, 0.4) is 0 Å². The molecule has 16 heavy (non-hydrogen) atoms. The lowest BCUT2D eigenvalue weighted by molar-refractivity contribution is -0.138. The summed E-state index contributed by atoms with van der Waals surface area (Å²) in [6.07, 6.45) is 10.4. The van der Waals surface area contributed by atoms with Crippen LogP contribution in [0.4, 0.5) is 0 Å². The molecule has 94 valence electrons. The van der Waals surface area contributed by atoms with Crippen LogP contribution in [0, 0.1) is 11.3 Å². The molecule has 0 aromatic carbocycles. The van der Waals surface area contributed by atoms with Gasteiger partial charge in [0.2, 0.25) is 0 Å². The van der Waals surface area contributed by atoms with Gasteiger partial charge in [0.05, 0.1) is 0 Å². The molecule has 1 N–H and O–H groups in total. The van der Waals surface area contributed by atoms with Crippen molar-refractivity contribution in [2.75, 3.05) is 0 Å². The maximum absolute atomic E-state index is 10.7. The lowest BCUT2D eigenvalue weighted by atomic mass is 9.65. The van der Waals surface area contributed by atoms with Crippen molar-refractivity contribution in [1.29, 1.82) is 0 Å². The van der Waals surface area contributed by atoms with Gasteiger partial charge in [-0.05, 0) is 49.9 Å². The summed E-state index contributed by atoms with van der Waals surface area (Å²) in [5.41, 5.74) is 0.554. The second-order valence-corrected chi connectivity index (χ2v) is 5.54. The molecule has 0 spiro atoms. The Kier molecular flexibility index (Phi) is 5.30. The summed E-state index contributed by atoms with van der Waals surface area (Å²) in [4.78, 5) is 10.7. The van der Waals surface area contributed by atoms with Gasteiger partial charge in [-0.1, -0.05) is 26.7 Å². The highest BCUT2D eigenvalue weighted by molar-refractivity contribution is 5.67. The number of carbonyl (C=O) groups is 1. The SMILES string of the molecule is CCCC1(CCC)CCC(CC(=O)O)CC1. The van der Waals surface area contributed by atoms with Crippen LogP contribution in [0.15, 0.2) is 0 Å². The van der Waals surface area contributed by atoms with Gasteiger partial charge in [-0.3, -0.25) is 4.79 Å². The Morgan fingerprint density at radius 1 is 1.19 bits per heavy atom. The molecule has 2 heteroatoms. The molecule has 1 fully saturated rings. The quantitative estimate of drug-likeness (QED) is 0.735. The Morgan fingerprint density at radius 3 is 2.06 bits per heavy atom. The summed E-state index contributed by atoms with van der Waals surface area (Å²) in [6.45, 7) is 4.53. The zero-order valence-electron chi connectivity index (χ0n) is 10.8. The largest absolute Gasteiger partial charge is 0.481 e. The van der Waals surface area contributed by atoms with Crippen molar-refractivity contribution in [3.8, 4) is 0 Å². The highest BCUT2D eigenvalue weighted by Crippen LogP contribution is 2.46. The number of carboxylic acids is 1. The summed E-state index contributed by atoms with van der Waals surface area (Å²) in [5, 5.41) is 8.80. The minimum atomic E-state index is -0.622. The number of hydrogen-bond donors (Lipinski definition) is 1. The Labute approximate surface area is 99.4 Å². The Balaban J connectivity index is 2.45. The van der Waals surface area contributed by atoms with Gasteiger partial charge in [-0.15, -0.1) is 0 Å². The van der Waals surface area contributed by atoms with Gasteiger partial charge < -0.3 is 5.11 Å². The zero-order chi connectivity index (χ0) is 12.0. The van der Waals surface area contributed by atoms with Crippen LogP contribution < -0.4 is 0 Å². The molecule has 0 amide bonds. The van der Waals surface area contributed by atoms with E-state index in [0.29, 0.717) is 17.8 Å². The molecule has 0 aromatic rings. The van der Waals surface area contributed by atoms with Crippen molar-refractivity contribution in [2.24, 2.45) is 11.3 Å². The summed E-state index contributed by atoms with van der Waals surface area (Å²) < 4.78 is 0. The van der Waals surface area contributed by atoms with Gasteiger partial charge in [0.25, 0.3) is 0 Å². The van der Waals surface area contributed by atoms with Crippen LogP contribution in [0.2, 0.25) is 0 Å². The fraction of sp³-hybridized carbons (Fsp3) is 0.929. The molecule has 0 saturated heterocycles. The van der Waals surface area contributed by atoms with Crippen molar-refractivity contribution in [3.63, 3.8) is 0 Å². The van der Waals surface area contributed by atoms with E-state index in [-0.39, 0.29) is 0 Å². The first-order chi connectivity index (χ1) is 7.62. The second-order valence-electron chi connectivity index (χ2n) is 5.54. The first kappa shape index (κ1) is 13.5. The summed E-state index contributed by atoms with van der Waals surface area (Å²) in [7, 11) is 0. The van der Waals surface area contributed by atoms with Crippen LogP contribution in [-0.4, -0.2) is 11.1 Å². The predicted octanol–water partition coefficient (Wildman–Crippen LogP) is 4.24. The van der Waals surface area contributed by atoms with E-state index in [1.807, 2.05) is 0 Å². The number of carboxylic acid groups (broad SMARTS) is 1. The molecule has 0 bridgehead atoms. The van der Waals surface area contributed by atoms with Crippen molar-refractivity contribution < 1.29 is 9.90 Å². The Hall–Kier alpha value is -0.530. The highest BCUT2D eigenvalue weighted by atomic mass is 16.4.